The molecule has 0 aromatic heterocycles. The van der Waals surface area contributed by atoms with Gasteiger partial charge < -0.3 is 15.5 Å². The van der Waals surface area contributed by atoms with E-state index in [2.05, 4.69) is 77.0 Å². The Morgan fingerprint density at radius 3 is 2.50 bits per heavy atom. The van der Waals surface area contributed by atoms with E-state index < -0.39 is 0 Å². The molecule has 0 aliphatic carbocycles. The molecule has 0 unspecified atom stereocenters. The lowest BCUT2D eigenvalue weighted by molar-refractivity contribution is 0.426. The summed E-state index contributed by atoms with van der Waals surface area (Å²) in [6.07, 6.45) is 8.86. The fourth-order valence-electron chi connectivity index (χ4n) is 3.18. The number of benzene rings is 1. The fourth-order valence-corrected chi connectivity index (χ4v) is 3.18. The molecule has 0 amide bonds. The van der Waals surface area contributed by atoms with E-state index in [9.17, 15) is 0 Å². The summed E-state index contributed by atoms with van der Waals surface area (Å²) in [5, 5.41) is 6.70. The molecular formula is C26H34N4. The molecule has 4 nitrogen and oxygen atoms in total. The van der Waals surface area contributed by atoms with E-state index in [4.69, 9.17) is 0 Å². The molecule has 0 atom stereocenters. The monoisotopic (exact) mass is 402 g/mol. The highest BCUT2D eigenvalue weighted by Crippen LogP contribution is 2.31. The van der Waals surface area contributed by atoms with Gasteiger partial charge in [-0.2, -0.15) is 0 Å². The van der Waals surface area contributed by atoms with Crippen molar-refractivity contribution in [2.45, 2.75) is 47.6 Å². The number of rotatable bonds is 6. The molecular weight excluding hydrogens is 368 g/mol. The van der Waals surface area contributed by atoms with Gasteiger partial charge in [0.05, 0.1) is 17.6 Å². The van der Waals surface area contributed by atoms with Crippen molar-refractivity contribution in [3.05, 3.63) is 108 Å². The summed E-state index contributed by atoms with van der Waals surface area (Å²) >= 11 is 0. The highest BCUT2D eigenvalue weighted by Gasteiger charge is 2.23. The predicted octanol–water partition coefficient (Wildman–Crippen LogP) is 6.13. The van der Waals surface area contributed by atoms with Crippen molar-refractivity contribution in [2.75, 3.05) is 0 Å². The van der Waals surface area contributed by atoms with Crippen LogP contribution in [0.4, 0.5) is 0 Å². The molecule has 0 radical (unpaired) electrons. The van der Waals surface area contributed by atoms with Crippen LogP contribution < -0.4 is 10.6 Å². The van der Waals surface area contributed by atoms with Crippen LogP contribution in [0.15, 0.2) is 107 Å². The van der Waals surface area contributed by atoms with Gasteiger partial charge in [-0.15, -0.1) is 0 Å². The average molecular weight is 403 g/mol. The van der Waals surface area contributed by atoms with Gasteiger partial charge >= 0.3 is 0 Å². The molecule has 1 heterocycles. The van der Waals surface area contributed by atoms with Crippen molar-refractivity contribution in [1.82, 2.24) is 15.5 Å². The van der Waals surface area contributed by atoms with E-state index >= 15 is 0 Å². The number of allylic oxidation sites excluding steroid dienone is 6. The minimum Gasteiger partial charge on any atom is -0.353 e. The Hall–Kier alpha value is -3.27. The number of nitrogens with one attached hydrogen (secondary N) is 2. The standard InChI is InChI=1S/C26H34N4/c1-8-10-16-25-20(4)29-26(17-27-23(7)28-19(3)9-2)22(6)30(21(25)5)18-24-14-12-11-13-15-24/h8-15,17,29H,4,6,16,18H2,1-3,5,7H3,(H,27,28)/b10-8-,19-9+,26-17+. The van der Waals surface area contributed by atoms with Crippen LogP contribution in [0.3, 0.4) is 0 Å². The minimum absolute atomic E-state index is 0.732. The summed E-state index contributed by atoms with van der Waals surface area (Å²) in [7, 11) is 0. The SMILES string of the molecule is C=C1N/C(=C/N=C(C)N/C(C)=C/C)C(=C)N(Cc2ccccc2)C(C)=C1C/C=C\C. The van der Waals surface area contributed by atoms with Gasteiger partial charge in [0, 0.05) is 23.6 Å². The van der Waals surface area contributed by atoms with E-state index in [1.54, 1.807) is 0 Å². The van der Waals surface area contributed by atoms with Gasteiger partial charge in [-0.3, -0.25) is 0 Å². The fraction of sp³-hybridized carbons (Fsp3) is 0.269. The number of hydrogen-bond acceptors (Lipinski definition) is 3. The normalized spacial score (nSPS) is 17.6. The topological polar surface area (TPSA) is 39.7 Å². The van der Waals surface area contributed by atoms with Crippen LogP contribution in [0.2, 0.25) is 0 Å². The third-order valence-electron chi connectivity index (χ3n) is 5.07. The molecule has 0 spiro atoms. The maximum absolute atomic E-state index is 4.60. The predicted molar refractivity (Wildman–Crippen MR) is 129 cm³/mol. The number of hydrogen-bond donors (Lipinski definition) is 2. The molecule has 0 saturated heterocycles. The lowest BCUT2D eigenvalue weighted by Gasteiger charge is -2.27. The lowest BCUT2D eigenvalue weighted by atomic mass is 10.1. The second-order valence-electron chi connectivity index (χ2n) is 7.31. The number of amidine groups is 1. The molecule has 158 valence electrons. The van der Waals surface area contributed by atoms with Crippen LogP contribution in [0.1, 0.15) is 46.6 Å². The number of nitrogens with zero attached hydrogens (tertiary/aromatic N) is 2. The highest BCUT2D eigenvalue weighted by molar-refractivity contribution is 5.81. The van der Waals surface area contributed by atoms with E-state index in [0.717, 1.165) is 52.9 Å². The van der Waals surface area contributed by atoms with Crippen molar-refractivity contribution >= 4 is 5.84 Å². The molecule has 1 aliphatic rings. The average Bonchev–Trinajstić information content (AvgIpc) is 2.82. The van der Waals surface area contributed by atoms with Crippen LogP contribution in [0.25, 0.3) is 0 Å². The smallest absolute Gasteiger partial charge is 0.103 e. The Balaban J connectivity index is 2.44. The van der Waals surface area contributed by atoms with Gasteiger partial charge in [0.1, 0.15) is 5.84 Å². The molecule has 1 aromatic rings. The van der Waals surface area contributed by atoms with E-state index in [1.165, 1.54) is 5.56 Å². The Morgan fingerprint density at radius 1 is 1.17 bits per heavy atom. The van der Waals surface area contributed by atoms with E-state index in [0.29, 0.717) is 0 Å². The largest absolute Gasteiger partial charge is 0.353 e. The number of aliphatic imine (C=N–C) groups is 1. The summed E-state index contributed by atoms with van der Waals surface area (Å²) in [6, 6.07) is 10.4. The second-order valence-corrected chi connectivity index (χ2v) is 7.31. The zero-order valence-electron chi connectivity index (χ0n) is 18.9. The summed E-state index contributed by atoms with van der Waals surface area (Å²) in [6.45, 7) is 19.5. The van der Waals surface area contributed by atoms with Gasteiger partial charge in [-0.05, 0) is 52.2 Å². The van der Waals surface area contributed by atoms with Gasteiger partial charge in [0.25, 0.3) is 0 Å². The van der Waals surface area contributed by atoms with Gasteiger partial charge in [0.2, 0.25) is 0 Å². The summed E-state index contributed by atoms with van der Waals surface area (Å²) in [5.41, 5.74) is 7.17. The molecule has 0 bridgehead atoms. The van der Waals surface area contributed by atoms with Crippen molar-refractivity contribution in [1.29, 1.82) is 0 Å². The molecule has 0 fully saturated rings. The second kappa shape index (κ2) is 11.1. The third kappa shape index (κ3) is 6.11. The molecule has 30 heavy (non-hydrogen) atoms. The molecule has 2 rings (SSSR count). The van der Waals surface area contributed by atoms with E-state index in [1.807, 2.05) is 46.0 Å². The Labute approximate surface area is 181 Å². The van der Waals surface area contributed by atoms with Crippen molar-refractivity contribution < 1.29 is 0 Å². The maximum atomic E-state index is 4.60. The first-order valence-electron chi connectivity index (χ1n) is 10.3. The Morgan fingerprint density at radius 2 is 1.87 bits per heavy atom. The van der Waals surface area contributed by atoms with Crippen LogP contribution in [0, 0.1) is 0 Å². The lowest BCUT2D eigenvalue weighted by Crippen LogP contribution is -2.23. The third-order valence-corrected chi connectivity index (χ3v) is 5.07. The molecule has 4 heteroatoms. The van der Waals surface area contributed by atoms with E-state index in [-0.39, 0.29) is 0 Å². The molecule has 1 aliphatic heterocycles. The first kappa shape index (κ1) is 23.0. The van der Waals surface area contributed by atoms with Crippen molar-refractivity contribution in [2.24, 2.45) is 4.99 Å². The maximum Gasteiger partial charge on any atom is 0.103 e. The molecule has 0 saturated carbocycles. The zero-order chi connectivity index (χ0) is 22.1. The van der Waals surface area contributed by atoms with Crippen LogP contribution in [-0.2, 0) is 6.54 Å². The summed E-state index contributed by atoms with van der Waals surface area (Å²) < 4.78 is 0. The quantitative estimate of drug-likeness (QED) is 0.341. The van der Waals surface area contributed by atoms with Crippen LogP contribution in [-0.4, -0.2) is 10.7 Å². The molecule has 2 N–H and O–H groups in total. The van der Waals surface area contributed by atoms with Gasteiger partial charge in [-0.1, -0.05) is 61.7 Å². The van der Waals surface area contributed by atoms with Crippen LogP contribution >= 0.6 is 0 Å². The first-order valence-corrected chi connectivity index (χ1v) is 10.3. The van der Waals surface area contributed by atoms with Gasteiger partial charge in [0.15, 0.2) is 0 Å². The zero-order valence-corrected chi connectivity index (χ0v) is 18.9. The van der Waals surface area contributed by atoms with Crippen molar-refractivity contribution in [3.8, 4) is 0 Å². The summed E-state index contributed by atoms with van der Waals surface area (Å²) in [4.78, 5) is 6.83. The summed E-state index contributed by atoms with van der Waals surface area (Å²) in [5.74, 6) is 0.816. The van der Waals surface area contributed by atoms with Crippen molar-refractivity contribution in [3.63, 3.8) is 0 Å². The first-order chi connectivity index (χ1) is 14.4. The van der Waals surface area contributed by atoms with Crippen LogP contribution in [0.5, 0.6) is 0 Å². The molecule has 1 aromatic carbocycles. The Kier molecular flexibility index (Phi) is 8.48. The van der Waals surface area contributed by atoms with Gasteiger partial charge in [-0.25, -0.2) is 4.99 Å². The highest BCUT2D eigenvalue weighted by atomic mass is 15.2. The minimum atomic E-state index is 0.732. The Bertz CT molecular complexity index is 927.